The van der Waals surface area contributed by atoms with E-state index in [-0.39, 0.29) is 5.91 Å². The Balaban J connectivity index is 1.79. The molecule has 2 rings (SSSR count). The maximum Gasteiger partial charge on any atom is 0.236 e. The van der Waals surface area contributed by atoms with Gasteiger partial charge in [-0.1, -0.05) is 19.3 Å². The number of likely N-dealkylation sites (N-methyl/N-ethyl adjacent to an activating group) is 2. The van der Waals surface area contributed by atoms with Crippen LogP contribution in [0.5, 0.6) is 0 Å². The van der Waals surface area contributed by atoms with Crippen molar-refractivity contribution in [1.82, 2.24) is 9.80 Å². The molecular formula is C15H24N2O2. The molecule has 0 bridgehead atoms. The van der Waals surface area contributed by atoms with Crippen molar-refractivity contribution < 1.29 is 9.21 Å². The second-order valence-corrected chi connectivity index (χ2v) is 5.54. The van der Waals surface area contributed by atoms with Crippen LogP contribution in [0.4, 0.5) is 0 Å². The number of hydrogen-bond donors (Lipinski definition) is 0. The van der Waals surface area contributed by atoms with Gasteiger partial charge in [-0.25, -0.2) is 0 Å². The molecule has 1 saturated carbocycles. The van der Waals surface area contributed by atoms with Gasteiger partial charge in [-0.15, -0.1) is 0 Å². The van der Waals surface area contributed by atoms with Gasteiger partial charge < -0.3 is 9.32 Å². The highest BCUT2D eigenvalue weighted by Gasteiger charge is 2.21. The number of furan rings is 1. The molecule has 1 amide bonds. The fraction of sp³-hybridized carbons (Fsp3) is 0.667. The van der Waals surface area contributed by atoms with Crippen LogP contribution in [0.2, 0.25) is 0 Å². The summed E-state index contributed by atoms with van der Waals surface area (Å²) in [5.74, 6) is 0.987. The van der Waals surface area contributed by atoms with Gasteiger partial charge in [-0.2, -0.15) is 0 Å². The monoisotopic (exact) mass is 264 g/mol. The Morgan fingerprint density at radius 3 is 2.68 bits per heavy atom. The van der Waals surface area contributed by atoms with Crippen LogP contribution >= 0.6 is 0 Å². The first-order valence-corrected chi connectivity index (χ1v) is 7.13. The minimum atomic E-state index is 0.157. The van der Waals surface area contributed by atoms with E-state index in [1.165, 1.54) is 32.1 Å². The molecule has 0 aliphatic heterocycles. The Labute approximate surface area is 115 Å². The van der Waals surface area contributed by atoms with Crippen LogP contribution in [0.1, 0.15) is 37.9 Å². The van der Waals surface area contributed by atoms with E-state index in [9.17, 15) is 4.79 Å². The molecule has 1 aliphatic carbocycles. The first-order chi connectivity index (χ1) is 9.16. The van der Waals surface area contributed by atoms with Crippen molar-refractivity contribution >= 4 is 5.91 Å². The van der Waals surface area contributed by atoms with Gasteiger partial charge in [0.05, 0.1) is 19.4 Å². The van der Waals surface area contributed by atoms with Gasteiger partial charge in [0.15, 0.2) is 0 Å². The van der Waals surface area contributed by atoms with E-state index >= 15 is 0 Å². The third kappa shape index (κ3) is 4.10. The van der Waals surface area contributed by atoms with Gasteiger partial charge in [0, 0.05) is 13.1 Å². The topological polar surface area (TPSA) is 36.7 Å². The largest absolute Gasteiger partial charge is 0.467 e. The molecule has 1 aliphatic rings. The summed E-state index contributed by atoms with van der Waals surface area (Å²) in [6, 6.07) is 4.32. The molecule has 0 N–H and O–H groups in total. The third-order valence-electron chi connectivity index (χ3n) is 3.98. The molecule has 106 valence electrons. The molecule has 0 unspecified atom stereocenters. The van der Waals surface area contributed by atoms with Crippen LogP contribution in [0.3, 0.4) is 0 Å². The standard InChI is InChI=1S/C15H24N2O2/c1-16(13-7-4-3-5-8-13)12-15(18)17(2)11-14-9-6-10-19-14/h6,9-10,13H,3-5,7-8,11-12H2,1-2H3. The predicted octanol–water partition coefficient (Wildman–Crippen LogP) is 2.50. The van der Waals surface area contributed by atoms with Crippen molar-refractivity contribution in [2.24, 2.45) is 0 Å². The zero-order valence-corrected chi connectivity index (χ0v) is 12.0. The molecule has 19 heavy (non-hydrogen) atoms. The smallest absolute Gasteiger partial charge is 0.236 e. The Morgan fingerprint density at radius 2 is 2.05 bits per heavy atom. The molecule has 4 heteroatoms. The van der Waals surface area contributed by atoms with Crippen molar-refractivity contribution in [1.29, 1.82) is 0 Å². The van der Waals surface area contributed by atoms with Crippen LogP contribution in [0.15, 0.2) is 22.8 Å². The summed E-state index contributed by atoms with van der Waals surface area (Å²) in [7, 11) is 3.90. The molecule has 4 nitrogen and oxygen atoms in total. The van der Waals surface area contributed by atoms with Gasteiger partial charge in [0.25, 0.3) is 0 Å². The summed E-state index contributed by atoms with van der Waals surface area (Å²) in [4.78, 5) is 16.1. The highest BCUT2D eigenvalue weighted by molar-refractivity contribution is 5.77. The average molecular weight is 264 g/mol. The van der Waals surface area contributed by atoms with Crippen molar-refractivity contribution in [2.45, 2.75) is 44.7 Å². The summed E-state index contributed by atoms with van der Waals surface area (Å²) in [6.45, 7) is 1.05. The highest BCUT2D eigenvalue weighted by atomic mass is 16.3. The zero-order valence-electron chi connectivity index (χ0n) is 12.0. The molecule has 1 aromatic heterocycles. The van der Waals surface area contributed by atoms with E-state index in [4.69, 9.17) is 4.42 Å². The Bertz CT molecular complexity index is 383. The maximum atomic E-state index is 12.2. The summed E-state index contributed by atoms with van der Waals surface area (Å²) in [5.41, 5.74) is 0. The molecule has 0 aromatic carbocycles. The summed E-state index contributed by atoms with van der Waals surface area (Å²) < 4.78 is 5.27. The lowest BCUT2D eigenvalue weighted by molar-refractivity contribution is -0.132. The highest BCUT2D eigenvalue weighted by Crippen LogP contribution is 2.21. The van der Waals surface area contributed by atoms with Crippen LogP contribution in [0.25, 0.3) is 0 Å². The number of amides is 1. The molecule has 1 aromatic rings. The fourth-order valence-corrected chi connectivity index (χ4v) is 2.71. The number of carbonyl (C=O) groups excluding carboxylic acids is 1. The van der Waals surface area contributed by atoms with Crippen molar-refractivity contribution in [3.05, 3.63) is 24.2 Å². The van der Waals surface area contributed by atoms with Gasteiger partial charge in [0.2, 0.25) is 5.91 Å². The van der Waals surface area contributed by atoms with Gasteiger partial charge >= 0.3 is 0 Å². The summed E-state index contributed by atoms with van der Waals surface area (Å²) in [5, 5.41) is 0. The second kappa shape index (κ2) is 6.75. The predicted molar refractivity (Wildman–Crippen MR) is 74.7 cm³/mol. The van der Waals surface area contributed by atoms with E-state index in [1.54, 1.807) is 11.2 Å². The Morgan fingerprint density at radius 1 is 1.32 bits per heavy atom. The second-order valence-electron chi connectivity index (χ2n) is 5.54. The lowest BCUT2D eigenvalue weighted by Gasteiger charge is -2.31. The van der Waals surface area contributed by atoms with Gasteiger partial charge in [0.1, 0.15) is 5.76 Å². The first kappa shape index (κ1) is 14.1. The van der Waals surface area contributed by atoms with E-state index in [0.717, 1.165) is 5.76 Å². The summed E-state index contributed by atoms with van der Waals surface area (Å²) >= 11 is 0. The molecule has 0 spiro atoms. The van der Waals surface area contributed by atoms with Gasteiger partial charge in [-0.05, 0) is 32.0 Å². The molecule has 1 heterocycles. The van der Waals surface area contributed by atoms with Gasteiger partial charge in [-0.3, -0.25) is 9.69 Å². The van der Waals surface area contributed by atoms with Crippen molar-refractivity contribution in [3.8, 4) is 0 Å². The van der Waals surface area contributed by atoms with E-state index in [1.807, 2.05) is 19.2 Å². The number of rotatable bonds is 5. The third-order valence-corrected chi connectivity index (χ3v) is 3.98. The number of nitrogens with zero attached hydrogens (tertiary/aromatic N) is 2. The van der Waals surface area contributed by atoms with E-state index < -0.39 is 0 Å². The average Bonchev–Trinajstić information content (AvgIpc) is 2.92. The Hall–Kier alpha value is -1.29. The number of carbonyl (C=O) groups is 1. The molecule has 0 radical (unpaired) electrons. The minimum absolute atomic E-state index is 0.157. The maximum absolute atomic E-state index is 12.2. The quantitative estimate of drug-likeness (QED) is 0.820. The van der Waals surface area contributed by atoms with E-state index in [0.29, 0.717) is 19.1 Å². The van der Waals surface area contributed by atoms with Crippen LogP contribution in [-0.4, -0.2) is 42.4 Å². The lowest BCUT2D eigenvalue weighted by atomic mass is 9.94. The molecule has 0 saturated heterocycles. The SMILES string of the molecule is CN(Cc1ccco1)C(=O)CN(C)C1CCCCC1. The summed E-state index contributed by atoms with van der Waals surface area (Å²) in [6.07, 6.45) is 8.03. The van der Waals surface area contributed by atoms with Crippen molar-refractivity contribution in [3.63, 3.8) is 0 Å². The minimum Gasteiger partial charge on any atom is -0.467 e. The molecule has 1 fully saturated rings. The fourth-order valence-electron chi connectivity index (χ4n) is 2.71. The molecular weight excluding hydrogens is 240 g/mol. The lowest BCUT2D eigenvalue weighted by Crippen LogP contribution is -2.41. The van der Waals surface area contributed by atoms with Crippen LogP contribution in [-0.2, 0) is 11.3 Å². The molecule has 0 atom stereocenters. The van der Waals surface area contributed by atoms with Crippen LogP contribution in [0, 0.1) is 0 Å². The van der Waals surface area contributed by atoms with Crippen molar-refractivity contribution in [2.75, 3.05) is 20.6 Å². The van der Waals surface area contributed by atoms with Crippen LogP contribution < -0.4 is 0 Å². The normalized spacial score (nSPS) is 16.8. The first-order valence-electron chi connectivity index (χ1n) is 7.13. The van der Waals surface area contributed by atoms with E-state index in [2.05, 4.69) is 11.9 Å². The Kier molecular flexibility index (Phi) is 5.02. The number of hydrogen-bond acceptors (Lipinski definition) is 3. The zero-order chi connectivity index (χ0) is 13.7.